The zero-order valence-electron chi connectivity index (χ0n) is 13.5. The van der Waals surface area contributed by atoms with Gasteiger partial charge in [-0.1, -0.05) is 29.0 Å². The van der Waals surface area contributed by atoms with Gasteiger partial charge in [0.15, 0.2) is 0 Å². The van der Waals surface area contributed by atoms with E-state index in [-0.39, 0.29) is 16.5 Å². The highest BCUT2D eigenvalue weighted by molar-refractivity contribution is 7.93. The maximum Gasteiger partial charge on any atom is 0.367 e. The first-order chi connectivity index (χ1) is 11.4. The number of esters is 1. The van der Waals surface area contributed by atoms with Crippen molar-refractivity contribution >= 4 is 32.3 Å². The first-order valence-electron chi connectivity index (χ1n) is 7.69. The fraction of sp³-hybridized carbons (Fsp3) is 0.375. The van der Waals surface area contributed by atoms with E-state index in [9.17, 15) is 13.2 Å². The van der Waals surface area contributed by atoms with Gasteiger partial charge in [0.25, 0.3) is 10.0 Å². The van der Waals surface area contributed by atoms with Crippen LogP contribution in [0, 0.1) is 6.92 Å². The average Bonchev–Trinajstić information content (AvgIpc) is 2.99. The second-order valence-electron chi connectivity index (χ2n) is 5.49. The summed E-state index contributed by atoms with van der Waals surface area (Å²) < 4.78 is 32.2. The van der Waals surface area contributed by atoms with E-state index in [1.54, 1.807) is 31.2 Å². The number of ether oxygens (including phenoxy) is 1. The molecule has 0 fully saturated rings. The van der Waals surface area contributed by atoms with Gasteiger partial charge in [0.05, 0.1) is 17.2 Å². The first-order valence-corrected chi connectivity index (χ1v) is 9.95. The van der Waals surface area contributed by atoms with Crippen LogP contribution in [0.3, 0.4) is 0 Å². The van der Waals surface area contributed by atoms with E-state index >= 15 is 0 Å². The maximum atomic E-state index is 13.0. The van der Waals surface area contributed by atoms with Crippen molar-refractivity contribution < 1.29 is 17.9 Å². The third kappa shape index (κ3) is 3.03. The van der Waals surface area contributed by atoms with E-state index in [4.69, 9.17) is 4.74 Å². The number of hydrogen-bond acceptors (Lipinski definition) is 6. The molecule has 2 heterocycles. The molecule has 1 aliphatic heterocycles. The smallest absolute Gasteiger partial charge is 0.367 e. The lowest BCUT2D eigenvalue weighted by atomic mass is 10.2. The molecule has 0 bridgehead atoms. The highest BCUT2D eigenvalue weighted by atomic mass is 32.2. The van der Waals surface area contributed by atoms with Crippen molar-refractivity contribution in [3.05, 3.63) is 40.5 Å². The number of benzene rings is 1. The molecule has 1 aliphatic rings. The Kier molecular flexibility index (Phi) is 4.60. The summed E-state index contributed by atoms with van der Waals surface area (Å²) in [6.45, 7) is 4.27. The lowest BCUT2D eigenvalue weighted by Gasteiger charge is -2.27. The molecule has 8 heteroatoms. The van der Waals surface area contributed by atoms with Gasteiger partial charge in [-0.25, -0.2) is 18.2 Å². The summed E-state index contributed by atoms with van der Waals surface area (Å²) in [5, 5.41) is 0.720. The summed E-state index contributed by atoms with van der Waals surface area (Å²) in [6, 6.07) is 6.75. The van der Waals surface area contributed by atoms with Gasteiger partial charge in [0.1, 0.15) is 5.00 Å². The molecule has 0 aliphatic carbocycles. The van der Waals surface area contributed by atoms with Crippen LogP contribution in [0.15, 0.2) is 29.2 Å². The van der Waals surface area contributed by atoms with Crippen LogP contribution in [0.2, 0.25) is 0 Å². The van der Waals surface area contributed by atoms with Gasteiger partial charge in [-0.15, -0.1) is 0 Å². The zero-order chi connectivity index (χ0) is 17.3. The van der Waals surface area contributed by atoms with Crippen LogP contribution in [0.4, 0.5) is 5.00 Å². The van der Waals surface area contributed by atoms with Gasteiger partial charge >= 0.3 is 5.97 Å². The quantitative estimate of drug-likeness (QED) is 0.778. The van der Waals surface area contributed by atoms with Crippen LogP contribution < -0.4 is 4.31 Å². The Morgan fingerprint density at radius 3 is 2.71 bits per heavy atom. The van der Waals surface area contributed by atoms with E-state index in [1.807, 2.05) is 6.92 Å². The van der Waals surface area contributed by atoms with Gasteiger partial charge in [-0.2, -0.15) is 0 Å². The van der Waals surface area contributed by atoms with Gasteiger partial charge in [-0.05, 0) is 38.8 Å². The van der Waals surface area contributed by atoms with Gasteiger partial charge in [0, 0.05) is 6.54 Å². The second-order valence-corrected chi connectivity index (χ2v) is 8.32. The molecule has 0 amide bonds. The SMILES string of the molecule is CCOC(=O)c1nc2c(s1)N(S(=O)(=O)c1ccc(C)cc1)CCC2. The molecule has 0 unspecified atom stereocenters. The Hall–Kier alpha value is -1.93. The normalized spacial score (nSPS) is 14.3. The number of carbonyl (C=O) groups is 1. The summed E-state index contributed by atoms with van der Waals surface area (Å²) >= 11 is 1.08. The number of rotatable bonds is 4. The minimum atomic E-state index is -3.67. The van der Waals surface area contributed by atoms with Crippen LogP contribution in [-0.2, 0) is 21.2 Å². The lowest BCUT2D eigenvalue weighted by molar-refractivity contribution is 0.0525. The molecule has 0 N–H and O–H groups in total. The molecule has 24 heavy (non-hydrogen) atoms. The topological polar surface area (TPSA) is 76.6 Å². The summed E-state index contributed by atoms with van der Waals surface area (Å²) in [5.41, 5.74) is 1.64. The molecule has 6 nitrogen and oxygen atoms in total. The number of fused-ring (bicyclic) bond motifs is 1. The van der Waals surface area contributed by atoms with E-state index in [0.29, 0.717) is 30.1 Å². The Morgan fingerprint density at radius 2 is 2.04 bits per heavy atom. The lowest BCUT2D eigenvalue weighted by Crippen LogP contribution is -2.34. The third-order valence-corrected chi connectivity index (χ3v) is 6.77. The number of aryl methyl sites for hydroxylation is 2. The number of hydrogen-bond donors (Lipinski definition) is 0. The molecule has 3 rings (SSSR count). The van der Waals surface area contributed by atoms with Gasteiger partial charge < -0.3 is 4.74 Å². The van der Waals surface area contributed by atoms with Crippen molar-refractivity contribution in [3.8, 4) is 0 Å². The minimum Gasteiger partial charge on any atom is -0.461 e. The van der Waals surface area contributed by atoms with Crippen molar-refractivity contribution in [1.29, 1.82) is 0 Å². The van der Waals surface area contributed by atoms with E-state index in [1.165, 1.54) is 4.31 Å². The molecule has 0 spiro atoms. The summed E-state index contributed by atoms with van der Waals surface area (Å²) in [6.07, 6.45) is 1.33. The van der Waals surface area contributed by atoms with Gasteiger partial charge in [-0.3, -0.25) is 4.31 Å². The van der Waals surface area contributed by atoms with Crippen LogP contribution in [-0.4, -0.2) is 32.5 Å². The Bertz CT molecular complexity index is 857. The molecule has 1 aromatic heterocycles. The maximum absolute atomic E-state index is 13.0. The number of thiazole rings is 1. The standard InChI is InChI=1S/C16H18N2O4S2/c1-3-22-16(19)14-17-13-5-4-10-18(15(13)23-14)24(20,21)12-8-6-11(2)7-9-12/h6-9H,3-5,10H2,1-2H3. The van der Waals surface area contributed by atoms with Crippen LogP contribution in [0.5, 0.6) is 0 Å². The van der Waals surface area contributed by atoms with Crippen LogP contribution >= 0.6 is 11.3 Å². The predicted molar refractivity (Wildman–Crippen MR) is 92.1 cm³/mol. The minimum absolute atomic E-state index is 0.202. The Balaban J connectivity index is 1.99. The second kappa shape index (κ2) is 6.52. The number of nitrogens with zero attached hydrogens (tertiary/aromatic N) is 2. The molecule has 0 radical (unpaired) electrons. The number of aromatic nitrogens is 1. The van der Waals surface area contributed by atoms with Crippen LogP contribution in [0.1, 0.15) is 34.4 Å². The summed E-state index contributed by atoms with van der Waals surface area (Å²) in [4.78, 5) is 16.4. The highest BCUT2D eigenvalue weighted by Crippen LogP contribution is 2.37. The molecule has 2 aromatic rings. The number of carbonyl (C=O) groups excluding carboxylic acids is 1. The van der Waals surface area contributed by atoms with Crippen molar-refractivity contribution in [2.24, 2.45) is 0 Å². The van der Waals surface area contributed by atoms with Crippen molar-refractivity contribution in [2.45, 2.75) is 31.6 Å². The third-order valence-electron chi connectivity index (χ3n) is 3.74. The predicted octanol–water partition coefficient (Wildman–Crippen LogP) is 2.77. The molecule has 128 valence electrons. The van der Waals surface area contributed by atoms with Crippen molar-refractivity contribution in [2.75, 3.05) is 17.5 Å². The summed E-state index contributed by atoms with van der Waals surface area (Å²) in [5.74, 6) is -0.510. The summed E-state index contributed by atoms with van der Waals surface area (Å²) in [7, 11) is -3.67. The zero-order valence-corrected chi connectivity index (χ0v) is 15.1. The van der Waals surface area contributed by atoms with E-state index < -0.39 is 16.0 Å². The fourth-order valence-corrected chi connectivity index (χ4v) is 5.31. The van der Waals surface area contributed by atoms with E-state index in [2.05, 4.69) is 4.98 Å². The molecule has 0 saturated heterocycles. The average molecular weight is 366 g/mol. The van der Waals surface area contributed by atoms with E-state index in [0.717, 1.165) is 16.9 Å². The van der Waals surface area contributed by atoms with Crippen molar-refractivity contribution in [1.82, 2.24) is 4.98 Å². The Morgan fingerprint density at radius 1 is 1.33 bits per heavy atom. The van der Waals surface area contributed by atoms with Gasteiger partial charge in [0.2, 0.25) is 5.01 Å². The highest BCUT2D eigenvalue weighted by Gasteiger charge is 2.33. The number of sulfonamides is 1. The molecular weight excluding hydrogens is 348 g/mol. The molecular formula is C16H18N2O4S2. The van der Waals surface area contributed by atoms with Crippen LogP contribution in [0.25, 0.3) is 0 Å². The first kappa shape index (κ1) is 16.9. The largest absolute Gasteiger partial charge is 0.461 e. The Labute approximate surface area is 145 Å². The molecule has 0 atom stereocenters. The fourth-order valence-electron chi connectivity index (χ4n) is 2.54. The number of anilines is 1. The monoisotopic (exact) mass is 366 g/mol. The molecule has 1 aromatic carbocycles. The molecule has 0 saturated carbocycles. The van der Waals surface area contributed by atoms with Crippen molar-refractivity contribution in [3.63, 3.8) is 0 Å².